The Morgan fingerprint density at radius 3 is 2.60 bits per heavy atom. The summed E-state index contributed by atoms with van der Waals surface area (Å²) < 4.78 is 5.42. The van der Waals surface area contributed by atoms with Gasteiger partial charge in [0.05, 0.1) is 11.7 Å². The van der Waals surface area contributed by atoms with E-state index in [1.54, 1.807) is 0 Å². The van der Waals surface area contributed by atoms with Gasteiger partial charge in [0.1, 0.15) is 0 Å². The molecule has 0 spiro atoms. The van der Waals surface area contributed by atoms with Crippen molar-refractivity contribution in [3.8, 4) is 0 Å². The van der Waals surface area contributed by atoms with Crippen LogP contribution in [0.15, 0.2) is 12.7 Å². The Hall–Kier alpha value is -0.300. The Labute approximate surface area is 63.1 Å². The molecule has 10 heavy (non-hydrogen) atoms. The van der Waals surface area contributed by atoms with Crippen molar-refractivity contribution in [1.29, 1.82) is 0 Å². The van der Waals surface area contributed by atoms with E-state index in [0.29, 0.717) is 6.10 Å². The molecule has 1 heterocycles. The number of hydrogen-bond acceptors (Lipinski definition) is 1. The van der Waals surface area contributed by atoms with Crippen LogP contribution in [0.4, 0.5) is 0 Å². The van der Waals surface area contributed by atoms with E-state index in [-0.39, 0.29) is 5.60 Å². The van der Waals surface area contributed by atoms with Crippen molar-refractivity contribution in [2.45, 2.75) is 44.8 Å². The summed E-state index contributed by atoms with van der Waals surface area (Å²) in [6.07, 6.45) is 6.02. The largest absolute Gasteiger partial charge is 0.367 e. The average molecular weight is 140 g/mol. The van der Waals surface area contributed by atoms with Gasteiger partial charge in [-0.05, 0) is 33.1 Å². The van der Waals surface area contributed by atoms with Crippen LogP contribution in [-0.2, 0) is 4.74 Å². The summed E-state index contributed by atoms with van der Waals surface area (Å²) in [6.45, 7) is 7.96. The highest BCUT2D eigenvalue weighted by Gasteiger charge is 2.46. The molecule has 1 aliphatic rings. The summed E-state index contributed by atoms with van der Waals surface area (Å²) in [5.74, 6) is 0. The summed E-state index contributed by atoms with van der Waals surface area (Å²) in [4.78, 5) is 0. The number of unbranched alkanes of at least 4 members (excludes halogenated alkanes) is 1. The number of allylic oxidation sites excluding steroid dienone is 1. The Kier molecular flexibility index (Phi) is 2.14. The third-order valence-corrected chi connectivity index (χ3v) is 2.04. The Morgan fingerprint density at radius 2 is 2.20 bits per heavy atom. The van der Waals surface area contributed by atoms with Gasteiger partial charge in [-0.3, -0.25) is 0 Å². The van der Waals surface area contributed by atoms with E-state index in [0.717, 1.165) is 6.42 Å². The van der Waals surface area contributed by atoms with Crippen LogP contribution < -0.4 is 0 Å². The maximum atomic E-state index is 5.42. The molecule has 1 aliphatic heterocycles. The second kappa shape index (κ2) is 2.75. The van der Waals surface area contributed by atoms with Crippen molar-refractivity contribution >= 4 is 0 Å². The maximum absolute atomic E-state index is 5.42. The molecule has 0 aliphatic carbocycles. The zero-order chi connectivity index (χ0) is 7.61. The lowest BCUT2D eigenvalue weighted by Gasteiger charge is -1.94. The Bertz CT molecular complexity index is 127. The van der Waals surface area contributed by atoms with Crippen LogP contribution in [0.25, 0.3) is 0 Å². The van der Waals surface area contributed by atoms with Crippen LogP contribution in [0.2, 0.25) is 0 Å². The van der Waals surface area contributed by atoms with E-state index in [9.17, 15) is 0 Å². The van der Waals surface area contributed by atoms with Crippen LogP contribution in [0.3, 0.4) is 0 Å². The predicted molar refractivity (Wildman–Crippen MR) is 43.0 cm³/mol. The topological polar surface area (TPSA) is 12.5 Å². The first-order chi connectivity index (χ1) is 4.67. The average Bonchev–Trinajstić information content (AvgIpc) is 2.41. The molecular weight excluding hydrogens is 124 g/mol. The summed E-state index contributed by atoms with van der Waals surface area (Å²) in [6, 6.07) is 0. The molecule has 1 nitrogen and oxygen atoms in total. The van der Waals surface area contributed by atoms with Crippen molar-refractivity contribution in [1.82, 2.24) is 0 Å². The van der Waals surface area contributed by atoms with Gasteiger partial charge in [-0.1, -0.05) is 6.08 Å². The maximum Gasteiger partial charge on any atom is 0.0892 e. The molecule has 1 fully saturated rings. The minimum atomic E-state index is 0.182. The van der Waals surface area contributed by atoms with Crippen LogP contribution in [0.5, 0.6) is 0 Å². The minimum Gasteiger partial charge on any atom is -0.367 e. The molecule has 0 aromatic heterocycles. The highest BCUT2D eigenvalue weighted by Crippen LogP contribution is 2.38. The summed E-state index contributed by atoms with van der Waals surface area (Å²) in [5.41, 5.74) is 0.182. The van der Waals surface area contributed by atoms with Gasteiger partial charge in [0.2, 0.25) is 0 Å². The van der Waals surface area contributed by atoms with Gasteiger partial charge in [0, 0.05) is 0 Å². The van der Waals surface area contributed by atoms with Gasteiger partial charge in [0.15, 0.2) is 0 Å². The molecule has 1 saturated heterocycles. The second-order valence-corrected chi connectivity index (χ2v) is 3.43. The van der Waals surface area contributed by atoms with E-state index < -0.39 is 0 Å². The third-order valence-electron chi connectivity index (χ3n) is 2.04. The van der Waals surface area contributed by atoms with Crippen LogP contribution in [-0.4, -0.2) is 11.7 Å². The van der Waals surface area contributed by atoms with Crippen LogP contribution in [0.1, 0.15) is 33.1 Å². The number of ether oxygens (including phenoxy) is 1. The lowest BCUT2D eigenvalue weighted by molar-refractivity contribution is 0.319. The minimum absolute atomic E-state index is 0.182. The number of rotatable bonds is 4. The molecule has 0 radical (unpaired) electrons. The van der Waals surface area contributed by atoms with E-state index in [2.05, 4.69) is 20.4 Å². The molecule has 58 valence electrons. The SMILES string of the molecule is C=CCCC[C@H]1OC1(C)C. The van der Waals surface area contributed by atoms with Gasteiger partial charge >= 0.3 is 0 Å². The Morgan fingerprint density at radius 1 is 1.60 bits per heavy atom. The number of epoxide rings is 1. The van der Waals surface area contributed by atoms with Gasteiger partial charge in [-0.25, -0.2) is 0 Å². The van der Waals surface area contributed by atoms with Crippen LogP contribution in [0, 0.1) is 0 Å². The van der Waals surface area contributed by atoms with E-state index >= 15 is 0 Å². The van der Waals surface area contributed by atoms with Crippen molar-refractivity contribution in [3.63, 3.8) is 0 Å². The fourth-order valence-electron chi connectivity index (χ4n) is 1.19. The molecule has 1 atom stereocenters. The third kappa shape index (κ3) is 1.84. The predicted octanol–water partition coefficient (Wildman–Crippen LogP) is 2.52. The molecular formula is C9H16O. The van der Waals surface area contributed by atoms with Crippen molar-refractivity contribution in [2.75, 3.05) is 0 Å². The summed E-state index contributed by atoms with van der Waals surface area (Å²) in [5, 5.41) is 0. The van der Waals surface area contributed by atoms with Gasteiger partial charge < -0.3 is 4.74 Å². The first kappa shape index (κ1) is 7.80. The number of hydrogen-bond donors (Lipinski definition) is 0. The molecule has 0 aromatic carbocycles. The van der Waals surface area contributed by atoms with Crippen molar-refractivity contribution in [3.05, 3.63) is 12.7 Å². The normalized spacial score (nSPS) is 28.0. The second-order valence-electron chi connectivity index (χ2n) is 3.43. The lowest BCUT2D eigenvalue weighted by Crippen LogP contribution is -2.01. The zero-order valence-corrected chi connectivity index (χ0v) is 6.89. The molecule has 0 N–H and O–H groups in total. The monoisotopic (exact) mass is 140 g/mol. The molecule has 0 aromatic rings. The summed E-state index contributed by atoms with van der Waals surface area (Å²) in [7, 11) is 0. The van der Waals surface area contributed by atoms with Crippen molar-refractivity contribution < 1.29 is 4.74 Å². The van der Waals surface area contributed by atoms with Crippen molar-refractivity contribution in [2.24, 2.45) is 0 Å². The van der Waals surface area contributed by atoms with Gasteiger partial charge in [0.25, 0.3) is 0 Å². The molecule has 0 bridgehead atoms. The fraction of sp³-hybridized carbons (Fsp3) is 0.778. The molecule has 1 heteroatoms. The highest BCUT2D eigenvalue weighted by molar-refractivity contribution is 4.94. The van der Waals surface area contributed by atoms with E-state index in [1.165, 1.54) is 12.8 Å². The van der Waals surface area contributed by atoms with Gasteiger partial charge in [-0.15, -0.1) is 6.58 Å². The van der Waals surface area contributed by atoms with Gasteiger partial charge in [-0.2, -0.15) is 0 Å². The molecule has 0 unspecified atom stereocenters. The molecule has 0 saturated carbocycles. The standard InChI is InChI=1S/C9H16O/c1-4-5-6-7-8-9(2,3)10-8/h4,8H,1,5-7H2,2-3H3/t8-/m1/s1. The first-order valence-corrected chi connectivity index (χ1v) is 3.95. The quantitative estimate of drug-likeness (QED) is 0.332. The summed E-state index contributed by atoms with van der Waals surface area (Å²) >= 11 is 0. The van der Waals surface area contributed by atoms with Crippen LogP contribution >= 0.6 is 0 Å². The smallest absolute Gasteiger partial charge is 0.0892 e. The Balaban J connectivity index is 2.02. The molecule has 1 rings (SSSR count). The fourth-order valence-corrected chi connectivity index (χ4v) is 1.19. The molecule has 0 amide bonds. The highest BCUT2D eigenvalue weighted by atomic mass is 16.6. The first-order valence-electron chi connectivity index (χ1n) is 3.95. The zero-order valence-electron chi connectivity index (χ0n) is 6.89. The lowest BCUT2D eigenvalue weighted by atomic mass is 10.1. The van der Waals surface area contributed by atoms with E-state index in [4.69, 9.17) is 4.74 Å². The van der Waals surface area contributed by atoms with E-state index in [1.807, 2.05) is 6.08 Å².